The molecule has 2 nitrogen and oxygen atoms in total. The van der Waals surface area contributed by atoms with Gasteiger partial charge >= 0.3 is 0 Å². The van der Waals surface area contributed by atoms with Crippen LogP contribution < -0.4 is 10.6 Å². The first-order chi connectivity index (χ1) is 10.5. The quantitative estimate of drug-likeness (QED) is 0.631. The van der Waals surface area contributed by atoms with Crippen molar-refractivity contribution in [2.75, 3.05) is 18.4 Å². The zero-order chi connectivity index (χ0) is 15.9. The van der Waals surface area contributed by atoms with Crippen LogP contribution in [0.25, 0.3) is 0 Å². The van der Waals surface area contributed by atoms with Crippen molar-refractivity contribution in [1.82, 2.24) is 5.32 Å². The van der Waals surface area contributed by atoms with Crippen molar-refractivity contribution in [1.29, 1.82) is 0 Å². The third-order valence-electron chi connectivity index (χ3n) is 3.32. The highest BCUT2D eigenvalue weighted by atomic mass is 79.9. The van der Waals surface area contributed by atoms with Gasteiger partial charge in [0.2, 0.25) is 0 Å². The molecule has 0 spiro atoms. The van der Waals surface area contributed by atoms with Crippen LogP contribution in [-0.4, -0.2) is 13.1 Å². The lowest BCUT2D eigenvalue weighted by Crippen LogP contribution is -2.25. The van der Waals surface area contributed by atoms with Gasteiger partial charge in [0.05, 0.1) is 0 Å². The Morgan fingerprint density at radius 1 is 1.05 bits per heavy atom. The van der Waals surface area contributed by atoms with Gasteiger partial charge in [-0.3, -0.25) is 0 Å². The summed E-state index contributed by atoms with van der Waals surface area (Å²) in [5.74, 6) is 0.509. The molecule has 0 saturated heterocycles. The molecule has 0 saturated carbocycles. The molecular weight excluding hydrogens is 383 g/mol. The SMILES string of the molecule is CC(CNCc1ccc(Cl)cc1Cl)CNc1ccc(Br)cc1. The Bertz CT molecular complexity index is 602. The first kappa shape index (κ1) is 17.6. The van der Waals surface area contributed by atoms with Gasteiger partial charge in [-0.15, -0.1) is 0 Å². The molecule has 0 heterocycles. The van der Waals surface area contributed by atoms with Crippen molar-refractivity contribution in [3.8, 4) is 0 Å². The van der Waals surface area contributed by atoms with Gasteiger partial charge in [0.1, 0.15) is 0 Å². The summed E-state index contributed by atoms with van der Waals surface area (Å²) >= 11 is 15.5. The molecule has 1 atom stereocenters. The maximum absolute atomic E-state index is 6.16. The van der Waals surface area contributed by atoms with E-state index in [1.165, 1.54) is 0 Å². The third kappa shape index (κ3) is 5.81. The summed E-state index contributed by atoms with van der Waals surface area (Å²) in [4.78, 5) is 0. The highest BCUT2D eigenvalue weighted by molar-refractivity contribution is 9.10. The van der Waals surface area contributed by atoms with Gasteiger partial charge in [0.15, 0.2) is 0 Å². The molecule has 0 fully saturated rings. The van der Waals surface area contributed by atoms with Crippen LogP contribution in [0, 0.1) is 5.92 Å². The topological polar surface area (TPSA) is 24.1 Å². The molecule has 0 radical (unpaired) electrons. The van der Waals surface area contributed by atoms with E-state index >= 15 is 0 Å². The fourth-order valence-corrected chi connectivity index (χ4v) is 2.79. The summed E-state index contributed by atoms with van der Waals surface area (Å²) in [5.41, 5.74) is 2.20. The van der Waals surface area contributed by atoms with E-state index < -0.39 is 0 Å². The van der Waals surface area contributed by atoms with Crippen LogP contribution in [0.2, 0.25) is 10.0 Å². The minimum absolute atomic E-state index is 0.509. The number of rotatable bonds is 7. The molecule has 2 rings (SSSR count). The Morgan fingerprint density at radius 2 is 1.77 bits per heavy atom. The van der Waals surface area contributed by atoms with Crippen LogP contribution in [0.15, 0.2) is 46.9 Å². The van der Waals surface area contributed by atoms with Gasteiger partial charge in [-0.2, -0.15) is 0 Å². The molecule has 0 aliphatic heterocycles. The number of benzene rings is 2. The average Bonchev–Trinajstić information content (AvgIpc) is 2.49. The number of anilines is 1. The zero-order valence-electron chi connectivity index (χ0n) is 12.4. The monoisotopic (exact) mass is 400 g/mol. The summed E-state index contributed by atoms with van der Waals surface area (Å²) < 4.78 is 1.09. The first-order valence-electron chi connectivity index (χ1n) is 7.18. The molecule has 0 aliphatic rings. The molecule has 5 heteroatoms. The van der Waals surface area contributed by atoms with Gasteiger partial charge in [0, 0.05) is 33.3 Å². The average molecular weight is 402 g/mol. The van der Waals surface area contributed by atoms with E-state index in [0.29, 0.717) is 16.0 Å². The second-order valence-corrected chi connectivity index (χ2v) is 7.12. The van der Waals surface area contributed by atoms with Gasteiger partial charge in [0.25, 0.3) is 0 Å². The molecule has 0 aliphatic carbocycles. The van der Waals surface area contributed by atoms with Crippen molar-refractivity contribution in [2.24, 2.45) is 5.92 Å². The molecule has 0 amide bonds. The lowest BCUT2D eigenvalue weighted by Gasteiger charge is -2.15. The Kier molecular flexibility index (Phi) is 7.03. The van der Waals surface area contributed by atoms with E-state index in [1.54, 1.807) is 6.07 Å². The fraction of sp³-hybridized carbons (Fsp3) is 0.294. The van der Waals surface area contributed by atoms with Crippen LogP contribution in [0.1, 0.15) is 12.5 Å². The van der Waals surface area contributed by atoms with E-state index in [1.807, 2.05) is 24.3 Å². The minimum Gasteiger partial charge on any atom is -0.385 e. The number of nitrogens with one attached hydrogen (secondary N) is 2. The third-order valence-corrected chi connectivity index (χ3v) is 4.44. The number of halogens is 3. The van der Waals surface area contributed by atoms with E-state index in [-0.39, 0.29) is 0 Å². The highest BCUT2D eigenvalue weighted by Gasteiger charge is 2.04. The Hall–Kier alpha value is -0.740. The van der Waals surface area contributed by atoms with Crippen molar-refractivity contribution >= 4 is 44.8 Å². The van der Waals surface area contributed by atoms with Crippen LogP contribution in [0.3, 0.4) is 0 Å². The predicted molar refractivity (Wildman–Crippen MR) is 100.0 cm³/mol. The summed E-state index contributed by atoms with van der Waals surface area (Å²) in [6.07, 6.45) is 0. The largest absolute Gasteiger partial charge is 0.385 e. The van der Waals surface area contributed by atoms with Crippen LogP contribution in [0.4, 0.5) is 5.69 Å². The maximum atomic E-state index is 6.16. The first-order valence-corrected chi connectivity index (χ1v) is 8.73. The van der Waals surface area contributed by atoms with E-state index in [2.05, 4.69) is 45.6 Å². The normalized spacial score (nSPS) is 12.2. The Morgan fingerprint density at radius 3 is 2.45 bits per heavy atom. The smallest absolute Gasteiger partial charge is 0.0465 e. The fourth-order valence-electron chi connectivity index (χ4n) is 2.05. The standard InChI is InChI=1S/C17H19BrCl2N2/c1-12(10-22-16-6-3-14(18)4-7-16)9-21-11-13-2-5-15(19)8-17(13)20/h2-8,12,21-22H,9-11H2,1H3. The molecule has 0 bridgehead atoms. The van der Waals surface area contributed by atoms with Gasteiger partial charge in [-0.05, 0) is 54.4 Å². The molecule has 1 unspecified atom stereocenters. The van der Waals surface area contributed by atoms with Gasteiger partial charge in [-0.1, -0.05) is 52.1 Å². The van der Waals surface area contributed by atoms with Crippen LogP contribution in [0.5, 0.6) is 0 Å². The molecular formula is C17H19BrCl2N2. The summed E-state index contributed by atoms with van der Waals surface area (Å²) in [6, 6.07) is 13.8. The zero-order valence-corrected chi connectivity index (χ0v) is 15.5. The molecule has 2 aromatic carbocycles. The molecule has 0 aromatic heterocycles. The Labute approximate surface area is 150 Å². The maximum Gasteiger partial charge on any atom is 0.0465 e. The molecule has 2 aromatic rings. The van der Waals surface area contributed by atoms with Crippen LogP contribution >= 0.6 is 39.1 Å². The Balaban J connectivity index is 1.71. The predicted octanol–water partition coefficient (Wildman–Crippen LogP) is 5.59. The summed E-state index contributed by atoms with van der Waals surface area (Å²) in [6.45, 7) is 4.80. The second-order valence-electron chi connectivity index (χ2n) is 5.36. The lowest BCUT2D eigenvalue weighted by atomic mass is 10.1. The highest BCUT2D eigenvalue weighted by Crippen LogP contribution is 2.20. The molecule has 2 N–H and O–H groups in total. The van der Waals surface area contributed by atoms with Gasteiger partial charge < -0.3 is 10.6 Å². The van der Waals surface area contributed by atoms with Crippen molar-refractivity contribution < 1.29 is 0 Å². The molecule has 22 heavy (non-hydrogen) atoms. The number of hydrogen-bond donors (Lipinski definition) is 2. The van der Waals surface area contributed by atoms with Crippen molar-refractivity contribution in [2.45, 2.75) is 13.5 Å². The number of hydrogen-bond acceptors (Lipinski definition) is 2. The van der Waals surface area contributed by atoms with E-state index in [0.717, 1.165) is 35.4 Å². The summed E-state index contributed by atoms with van der Waals surface area (Å²) in [5, 5.41) is 8.24. The van der Waals surface area contributed by atoms with Crippen molar-refractivity contribution in [3.63, 3.8) is 0 Å². The van der Waals surface area contributed by atoms with E-state index in [9.17, 15) is 0 Å². The minimum atomic E-state index is 0.509. The van der Waals surface area contributed by atoms with Crippen molar-refractivity contribution in [3.05, 3.63) is 62.5 Å². The molecule has 118 valence electrons. The van der Waals surface area contributed by atoms with E-state index in [4.69, 9.17) is 23.2 Å². The van der Waals surface area contributed by atoms with Crippen LogP contribution in [-0.2, 0) is 6.54 Å². The second kappa shape index (κ2) is 8.78. The lowest BCUT2D eigenvalue weighted by molar-refractivity contribution is 0.533. The summed E-state index contributed by atoms with van der Waals surface area (Å²) in [7, 11) is 0. The van der Waals surface area contributed by atoms with Gasteiger partial charge in [-0.25, -0.2) is 0 Å².